The number of pyridine rings is 1. The zero-order valence-electron chi connectivity index (χ0n) is 11.7. The third-order valence-corrected chi connectivity index (χ3v) is 3.67. The Morgan fingerprint density at radius 2 is 2.20 bits per heavy atom. The fourth-order valence-electron chi connectivity index (χ4n) is 2.08. The molecule has 1 aromatic carbocycles. The first-order valence-corrected chi connectivity index (χ1v) is 6.98. The first-order chi connectivity index (χ1) is 9.69. The number of carbonyl (C=O) groups is 1. The maximum absolute atomic E-state index is 12.5. The van der Waals surface area contributed by atoms with Crippen LogP contribution in [0.3, 0.4) is 0 Å². The summed E-state index contributed by atoms with van der Waals surface area (Å²) in [4.78, 5) is 19.2. The Morgan fingerprint density at radius 3 is 2.90 bits per heavy atom. The van der Waals surface area contributed by atoms with Crippen molar-refractivity contribution >= 4 is 29.4 Å². The average Bonchev–Trinajstić information content (AvgIpc) is 2.48. The van der Waals surface area contributed by atoms with Crippen LogP contribution in [0.1, 0.15) is 17.3 Å². The summed E-state index contributed by atoms with van der Waals surface area (Å²) in [5.74, 6) is -0.0397. The van der Waals surface area contributed by atoms with Crippen LogP contribution in [0.2, 0.25) is 0 Å². The molecule has 0 aliphatic heterocycles. The number of amides is 1. The number of nitrogens with zero attached hydrogens (tertiary/aromatic N) is 2. The molecule has 0 saturated carbocycles. The maximum Gasteiger partial charge on any atom is 0.255 e. The molecule has 0 fully saturated rings. The largest absolute Gasteiger partial charge is 0.383 e. The highest BCUT2D eigenvalue weighted by Gasteiger charge is 2.18. The van der Waals surface area contributed by atoms with Crippen LogP contribution in [0.5, 0.6) is 0 Å². The molecule has 0 aliphatic rings. The van der Waals surface area contributed by atoms with Gasteiger partial charge in [-0.15, -0.1) is 12.6 Å². The molecular weight excluding hydrogens is 272 g/mol. The Balaban J connectivity index is 2.36. The van der Waals surface area contributed by atoms with Crippen molar-refractivity contribution < 1.29 is 9.53 Å². The molecule has 20 heavy (non-hydrogen) atoms. The average molecular weight is 290 g/mol. The van der Waals surface area contributed by atoms with E-state index in [1.165, 1.54) is 0 Å². The number of aromatic nitrogens is 1. The van der Waals surface area contributed by atoms with Gasteiger partial charge in [0.2, 0.25) is 0 Å². The van der Waals surface area contributed by atoms with E-state index in [1.807, 2.05) is 31.2 Å². The molecule has 1 heterocycles. The standard InChI is InChI=1S/C15H18N2O2S/c1-3-17(9-10-19-2)15(18)12-7-6-11-5-4-8-16-13(11)14(12)20/h4-8,20H,3,9-10H2,1-2H3. The van der Waals surface area contributed by atoms with Gasteiger partial charge in [-0.05, 0) is 19.1 Å². The molecule has 0 radical (unpaired) electrons. The van der Waals surface area contributed by atoms with Gasteiger partial charge in [0.25, 0.3) is 5.91 Å². The maximum atomic E-state index is 12.5. The van der Waals surface area contributed by atoms with E-state index in [1.54, 1.807) is 18.2 Å². The minimum absolute atomic E-state index is 0.0397. The molecule has 1 aromatic heterocycles. The first-order valence-electron chi connectivity index (χ1n) is 6.54. The lowest BCUT2D eigenvalue weighted by Gasteiger charge is -2.21. The van der Waals surface area contributed by atoms with Gasteiger partial charge in [0, 0.05) is 36.7 Å². The van der Waals surface area contributed by atoms with E-state index in [2.05, 4.69) is 17.6 Å². The quantitative estimate of drug-likeness (QED) is 0.861. The summed E-state index contributed by atoms with van der Waals surface area (Å²) in [6.07, 6.45) is 1.71. The molecule has 0 unspecified atom stereocenters. The number of fused-ring (bicyclic) bond motifs is 1. The number of likely N-dealkylation sites (N-methyl/N-ethyl adjacent to an activating group) is 1. The SMILES string of the molecule is CCN(CCOC)C(=O)c1ccc2cccnc2c1S. The fourth-order valence-corrected chi connectivity index (χ4v) is 2.43. The highest BCUT2D eigenvalue weighted by Crippen LogP contribution is 2.24. The normalized spacial score (nSPS) is 10.8. The Labute approximate surface area is 124 Å². The molecule has 0 spiro atoms. The fraction of sp³-hybridized carbons (Fsp3) is 0.333. The second kappa shape index (κ2) is 6.72. The third-order valence-electron chi connectivity index (χ3n) is 3.21. The number of ether oxygens (including phenoxy) is 1. The van der Waals surface area contributed by atoms with Crippen LogP contribution >= 0.6 is 12.6 Å². The van der Waals surface area contributed by atoms with Crippen LogP contribution in [-0.2, 0) is 4.74 Å². The van der Waals surface area contributed by atoms with Gasteiger partial charge in [-0.25, -0.2) is 0 Å². The van der Waals surface area contributed by atoms with Crippen LogP contribution in [-0.4, -0.2) is 42.6 Å². The predicted octanol–water partition coefficient (Wildman–Crippen LogP) is 2.63. The summed E-state index contributed by atoms with van der Waals surface area (Å²) in [5.41, 5.74) is 1.34. The van der Waals surface area contributed by atoms with Gasteiger partial charge in [-0.2, -0.15) is 0 Å². The Hall–Kier alpha value is -1.59. The minimum atomic E-state index is -0.0397. The van der Waals surface area contributed by atoms with Crippen molar-refractivity contribution in [1.82, 2.24) is 9.88 Å². The van der Waals surface area contributed by atoms with Gasteiger partial charge in [-0.3, -0.25) is 9.78 Å². The summed E-state index contributed by atoms with van der Waals surface area (Å²) >= 11 is 4.49. The van der Waals surface area contributed by atoms with E-state index in [0.29, 0.717) is 30.2 Å². The Bertz CT molecular complexity index is 616. The molecule has 106 valence electrons. The number of thiol groups is 1. The van der Waals surface area contributed by atoms with Crippen LogP contribution in [0.4, 0.5) is 0 Å². The van der Waals surface area contributed by atoms with Gasteiger partial charge in [0.15, 0.2) is 0 Å². The molecule has 5 heteroatoms. The first kappa shape index (κ1) is 14.8. The van der Waals surface area contributed by atoms with Crippen LogP contribution in [0.15, 0.2) is 35.4 Å². The lowest BCUT2D eigenvalue weighted by molar-refractivity contribution is 0.0703. The minimum Gasteiger partial charge on any atom is -0.383 e. The van der Waals surface area contributed by atoms with E-state index in [4.69, 9.17) is 4.74 Å². The molecule has 2 aromatic rings. The van der Waals surface area contributed by atoms with E-state index in [-0.39, 0.29) is 5.91 Å². The number of methoxy groups -OCH3 is 1. The molecule has 0 atom stereocenters. The zero-order chi connectivity index (χ0) is 14.5. The van der Waals surface area contributed by atoms with Crippen molar-refractivity contribution in [2.45, 2.75) is 11.8 Å². The van der Waals surface area contributed by atoms with Crippen molar-refractivity contribution in [2.75, 3.05) is 26.8 Å². The second-order valence-electron chi connectivity index (χ2n) is 4.41. The summed E-state index contributed by atoms with van der Waals surface area (Å²) in [6.45, 7) is 3.67. The third kappa shape index (κ3) is 2.94. The highest BCUT2D eigenvalue weighted by atomic mass is 32.1. The lowest BCUT2D eigenvalue weighted by Crippen LogP contribution is -2.34. The molecule has 0 N–H and O–H groups in total. The van der Waals surface area contributed by atoms with Gasteiger partial charge in [0.05, 0.1) is 17.7 Å². The van der Waals surface area contributed by atoms with E-state index >= 15 is 0 Å². The van der Waals surface area contributed by atoms with Crippen LogP contribution in [0, 0.1) is 0 Å². The van der Waals surface area contributed by atoms with E-state index in [9.17, 15) is 4.79 Å². The number of hydrogen-bond donors (Lipinski definition) is 1. The number of hydrogen-bond acceptors (Lipinski definition) is 4. The topological polar surface area (TPSA) is 42.4 Å². The number of carbonyl (C=O) groups excluding carboxylic acids is 1. The van der Waals surface area contributed by atoms with Crippen molar-refractivity contribution in [3.63, 3.8) is 0 Å². The molecular formula is C15H18N2O2S. The van der Waals surface area contributed by atoms with Gasteiger partial charge in [-0.1, -0.05) is 12.1 Å². The summed E-state index contributed by atoms with van der Waals surface area (Å²) in [5, 5.41) is 0.981. The van der Waals surface area contributed by atoms with Gasteiger partial charge < -0.3 is 9.64 Å². The lowest BCUT2D eigenvalue weighted by atomic mass is 10.1. The van der Waals surface area contributed by atoms with Gasteiger partial charge in [0.1, 0.15) is 0 Å². The number of rotatable bonds is 5. The van der Waals surface area contributed by atoms with Crippen molar-refractivity contribution in [2.24, 2.45) is 0 Å². The van der Waals surface area contributed by atoms with Crippen LogP contribution in [0.25, 0.3) is 10.9 Å². The zero-order valence-corrected chi connectivity index (χ0v) is 12.6. The molecule has 2 rings (SSSR count). The molecule has 4 nitrogen and oxygen atoms in total. The van der Waals surface area contributed by atoms with Crippen molar-refractivity contribution in [1.29, 1.82) is 0 Å². The summed E-state index contributed by atoms with van der Waals surface area (Å²) < 4.78 is 5.04. The van der Waals surface area contributed by atoms with E-state index in [0.717, 1.165) is 10.9 Å². The molecule has 0 aliphatic carbocycles. The van der Waals surface area contributed by atoms with Crippen molar-refractivity contribution in [3.05, 3.63) is 36.0 Å². The summed E-state index contributed by atoms with van der Waals surface area (Å²) in [6, 6.07) is 7.54. The highest BCUT2D eigenvalue weighted by molar-refractivity contribution is 7.80. The van der Waals surface area contributed by atoms with Crippen molar-refractivity contribution in [3.8, 4) is 0 Å². The summed E-state index contributed by atoms with van der Waals surface area (Å²) in [7, 11) is 1.63. The monoisotopic (exact) mass is 290 g/mol. The Kier molecular flexibility index (Phi) is 4.98. The molecule has 0 saturated heterocycles. The second-order valence-corrected chi connectivity index (χ2v) is 4.86. The predicted molar refractivity (Wildman–Crippen MR) is 82.4 cm³/mol. The number of benzene rings is 1. The van der Waals surface area contributed by atoms with Gasteiger partial charge >= 0.3 is 0 Å². The molecule has 1 amide bonds. The molecule has 0 bridgehead atoms. The van der Waals surface area contributed by atoms with E-state index < -0.39 is 0 Å². The van der Waals surface area contributed by atoms with Crippen LogP contribution < -0.4 is 0 Å². The smallest absolute Gasteiger partial charge is 0.255 e. The Morgan fingerprint density at radius 1 is 1.40 bits per heavy atom.